The predicted molar refractivity (Wildman–Crippen MR) is 118 cm³/mol. The SMILES string of the molecule is COc1cc2c(cc3c([n+]2C)-c2ccc(N4CC(C(=O)O)C4)cc2OC3)c(OC)c1OC. The van der Waals surface area contributed by atoms with E-state index >= 15 is 0 Å². The summed E-state index contributed by atoms with van der Waals surface area (Å²) in [5.41, 5.74) is 5.01. The zero-order chi connectivity index (χ0) is 22.6. The Morgan fingerprint density at radius 2 is 1.84 bits per heavy atom. The third kappa shape index (κ3) is 2.90. The van der Waals surface area contributed by atoms with Crippen LogP contribution in [-0.4, -0.2) is 45.5 Å². The molecule has 0 atom stereocenters. The molecule has 2 aliphatic rings. The first-order chi connectivity index (χ1) is 15.5. The number of fused-ring (bicyclic) bond motifs is 4. The van der Waals surface area contributed by atoms with E-state index in [1.807, 2.05) is 31.3 Å². The first kappa shape index (κ1) is 20.2. The van der Waals surface area contributed by atoms with Crippen molar-refractivity contribution in [3.8, 4) is 34.3 Å². The third-order valence-corrected chi connectivity index (χ3v) is 6.37. The van der Waals surface area contributed by atoms with Crippen LogP contribution in [0.15, 0.2) is 30.3 Å². The van der Waals surface area contributed by atoms with Gasteiger partial charge in [0.1, 0.15) is 19.4 Å². The van der Waals surface area contributed by atoms with Crippen LogP contribution < -0.4 is 28.4 Å². The van der Waals surface area contributed by atoms with Crippen LogP contribution in [0, 0.1) is 5.92 Å². The van der Waals surface area contributed by atoms with Crippen LogP contribution in [0.1, 0.15) is 5.56 Å². The average molecular weight is 437 g/mol. The molecule has 0 radical (unpaired) electrons. The van der Waals surface area contributed by atoms with Gasteiger partial charge in [0.2, 0.25) is 17.0 Å². The van der Waals surface area contributed by atoms with Crippen LogP contribution >= 0.6 is 0 Å². The zero-order valence-electron chi connectivity index (χ0n) is 18.5. The van der Waals surface area contributed by atoms with Crippen molar-refractivity contribution < 1.29 is 33.4 Å². The molecule has 166 valence electrons. The van der Waals surface area contributed by atoms with Gasteiger partial charge in [-0.15, -0.1) is 0 Å². The molecule has 8 heteroatoms. The minimum absolute atomic E-state index is 0.307. The molecule has 2 aromatic carbocycles. The first-order valence-corrected chi connectivity index (χ1v) is 10.4. The van der Waals surface area contributed by atoms with Gasteiger partial charge in [0.25, 0.3) is 0 Å². The van der Waals surface area contributed by atoms with Crippen molar-refractivity contribution in [2.45, 2.75) is 6.61 Å². The van der Waals surface area contributed by atoms with Crippen molar-refractivity contribution in [3.63, 3.8) is 0 Å². The number of carboxylic acid groups (broad SMARTS) is 1. The highest BCUT2D eigenvalue weighted by molar-refractivity contribution is 5.91. The number of pyridine rings is 1. The van der Waals surface area contributed by atoms with E-state index in [1.165, 1.54) is 0 Å². The van der Waals surface area contributed by atoms with Gasteiger partial charge < -0.3 is 29.0 Å². The van der Waals surface area contributed by atoms with Crippen LogP contribution in [0.4, 0.5) is 5.69 Å². The van der Waals surface area contributed by atoms with Crippen molar-refractivity contribution in [1.82, 2.24) is 0 Å². The topological polar surface area (TPSA) is 81.3 Å². The molecule has 0 aliphatic carbocycles. The molecule has 1 N–H and O–H groups in total. The lowest BCUT2D eigenvalue weighted by atomic mass is 9.96. The summed E-state index contributed by atoms with van der Waals surface area (Å²) in [5, 5.41) is 10.1. The molecule has 0 saturated carbocycles. The van der Waals surface area contributed by atoms with Gasteiger partial charge in [0, 0.05) is 24.8 Å². The second-order valence-electron chi connectivity index (χ2n) is 8.06. The maximum Gasteiger partial charge on any atom is 0.310 e. The molecule has 0 amide bonds. The Labute approximate surface area is 185 Å². The van der Waals surface area contributed by atoms with E-state index in [1.54, 1.807) is 21.3 Å². The fourth-order valence-corrected chi connectivity index (χ4v) is 4.65. The number of hydrogen-bond acceptors (Lipinski definition) is 6. The van der Waals surface area contributed by atoms with E-state index in [0.29, 0.717) is 36.9 Å². The second-order valence-corrected chi connectivity index (χ2v) is 8.06. The van der Waals surface area contributed by atoms with Crippen molar-refractivity contribution in [2.24, 2.45) is 13.0 Å². The summed E-state index contributed by atoms with van der Waals surface area (Å²) in [6, 6.07) is 10.1. The molecule has 1 fully saturated rings. The highest BCUT2D eigenvalue weighted by Gasteiger charge is 2.35. The number of nitrogens with zero attached hydrogens (tertiary/aromatic N) is 2. The van der Waals surface area contributed by atoms with Gasteiger partial charge in [0.15, 0.2) is 11.5 Å². The maximum absolute atomic E-state index is 11.1. The fraction of sp³-hybridized carbons (Fsp3) is 0.333. The maximum atomic E-state index is 11.1. The number of aliphatic carboxylic acids is 1. The number of benzene rings is 2. The summed E-state index contributed by atoms with van der Waals surface area (Å²) in [5.74, 6) is 1.51. The number of aryl methyl sites for hydroxylation is 1. The van der Waals surface area contributed by atoms with E-state index in [2.05, 4.69) is 15.5 Å². The largest absolute Gasteiger partial charge is 0.492 e. The van der Waals surface area contributed by atoms with E-state index in [9.17, 15) is 4.79 Å². The summed E-state index contributed by atoms with van der Waals surface area (Å²) < 4.78 is 25.0. The summed E-state index contributed by atoms with van der Waals surface area (Å²) in [7, 11) is 6.84. The molecule has 1 saturated heterocycles. The van der Waals surface area contributed by atoms with Gasteiger partial charge in [0.05, 0.1) is 49.8 Å². The number of carboxylic acids is 1. The molecule has 1 aromatic heterocycles. The molecule has 8 nitrogen and oxygen atoms in total. The highest BCUT2D eigenvalue weighted by Crippen LogP contribution is 2.45. The number of hydrogen-bond donors (Lipinski definition) is 1. The van der Waals surface area contributed by atoms with Gasteiger partial charge in [-0.05, 0) is 18.2 Å². The smallest absolute Gasteiger partial charge is 0.310 e. The Balaban J connectivity index is 1.62. The van der Waals surface area contributed by atoms with Crippen LogP contribution in [0.3, 0.4) is 0 Å². The molecular formula is C24H25N2O6+. The summed E-state index contributed by atoms with van der Waals surface area (Å²) in [6.07, 6.45) is 0. The number of ether oxygens (including phenoxy) is 4. The second kappa shape index (κ2) is 7.47. The molecule has 0 spiro atoms. The predicted octanol–water partition coefficient (Wildman–Crippen LogP) is 2.77. The minimum Gasteiger partial charge on any atom is -0.492 e. The van der Waals surface area contributed by atoms with Crippen molar-refractivity contribution in [1.29, 1.82) is 0 Å². The number of aromatic nitrogens is 1. The standard InChI is InChI=1S/C24H24N2O6/c1-25-18-9-20(29-2)23(31-4)22(30-3)17(18)7-13-12-32-19-8-15(5-6-16(19)21(13)25)26-10-14(11-26)24(27)28/h5-9,14H,10-12H2,1-4H3/p+1. The van der Waals surface area contributed by atoms with Crippen LogP contribution in [-0.2, 0) is 18.4 Å². The number of carbonyl (C=O) groups is 1. The normalized spacial score (nSPS) is 14.8. The van der Waals surface area contributed by atoms with Gasteiger partial charge in [-0.2, -0.15) is 4.57 Å². The molecule has 3 aromatic rings. The molecule has 2 aliphatic heterocycles. The third-order valence-electron chi connectivity index (χ3n) is 6.37. The van der Waals surface area contributed by atoms with E-state index < -0.39 is 5.97 Å². The van der Waals surface area contributed by atoms with Crippen LogP contribution in [0.5, 0.6) is 23.0 Å². The van der Waals surface area contributed by atoms with Crippen molar-refractivity contribution >= 4 is 22.6 Å². The van der Waals surface area contributed by atoms with E-state index in [0.717, 1.165) is 39.2 Å². The van der Waals surface area contributed by atoms with E-state index in [-0.39, 0.29) is 5.92 Å². The van der Waals surface area contributed by atoms with Gasteiger partial charge >= 0.3 is 5.97 Å². The lowest BCUT2D eigenvalue weighted by Gasteiger charge is -2.39. The number of rotatable bonds is 5. The zero-order valence-corrected chi connectivity index (χ0v) is 18.5. The molecule has 0 unspecified atom stereocenters. The average Bonchev–Trinajstić information content (AvgIpc) is 2.76. The highest BCUT2D eigenvalue weighted by atomic mass is 16.5. The summed E-state index contributed by atoms with van der Waals surface area (Å²) in [6.45, 7) is 1.46. The molecule has 0 bridgehead atoms. The Morgan fingerprint density at radius 1 is 1.09 bits per heavy atom. The fourth-order valence-electron chi connectivity index (χ4n) is 4.65. The van der Waals surface area contributed by atoms with Gasteiger partial charge in [-0.25, -0.2) is 0 Å². The number of methoxy groups -OCH3 is 3. The molecule has 32 heavy (non-hydrogen) atoms. The monoisotopic (exact) mass is 437 g/mol. The van der Waals surface area contributed by atoms with Gasteiger partial charge in [-0.3, -0.25) is 4.79 Å². The Hall–Kier alpha value is -3.68. The van der Waals surface area contributed by atoms with Gasteiger partial charge in [-0.1, -0.05) is 0 Å². The van der Waals surface area contributed by atoms with Crippen LogP contribution in [0.25, 0.3) is 22.2 Å². The summed E-state index contributed by atoms with van der Waals surface area (Å²) in [4.78, 5) is 13.2. The lowest BCUT2D eigenvalue weighted by Crippen LogP contribution is -2.50. The quantitative estimate of drug-likeness (QED) is 0.615. The Kier molecular flexibility index (Phi) is 4.73. The van der Waals surface area contributed by atoms with E-state index in [4.69, 9.17) is 24.1 Å². The number of anilines is 1. The van der Waals surface area contributed by atoms with Crippen molar-refractivity contribution in [3.05, 3.63) is 35.9 Å². The van der Waals surface area contributed by atoms with Crippen molar-refractivity contribution in [2.75, 3.05) is 39.3 Å². The Bertz CT molecular complexity index is 1250. The molecular weight excluding hydrogens is 412 g/mol. The Morgan fingerprint density at radius 3 is 2.50 bits per heavy atom. The first-order valence-electron chi connectivity index (χ1n) is 10.4. The summed E-state index contributed by atoms with van der Waals surface area (Å²) >= 11 is 0. The lowest BCUT2D eigenvalue weighted by molar-refractivity contribution is -0.634. The van der Waals surface area contributed by atoms with Crippen LogP contribution in [0.2, 0.25) is 0 Å². The molecule has 3 heterocycles. The molecule has 5 rings (SSSR count). The minimum atomic E-state index is -0.745.